The highest BCUT2D eigenvalue weighted by Crippen LogP contribution is 2.68. The Morgan fingerprint density at radius 2 is 1.80 bits per heavy atom. The minimum Gasteiger partial charge on any atom is -0.496 e. The third-order valence-corrected chi connectivity index (χ3v) is 16.1. The van der Waals surface area contributed by atoms with Crippen LogP contribution < -0.4 is 9.64 Å². The number of fused-ring (bicyclic) bond motifs is 6. The average Bonchev–Trinajstić information content (AvgIpc) is 3.92. The van der Waals surface area contributed by atoms with Gasteiger partial charge in [0, 0.05) is 95.8 Å². The molecular formula is C47H58N4O8S. The first-order chi connectivity index (χ1) is 28.8. The molecule has 6 aliphatic rings. The average molecular weight is 839 g/mol. The van der Waals surface area contributed by atoms with Crippen LogP contribution in [0.3, 0.4) is 0 Å². The number of ether oxygens (including phenoxy) is 4. The van der Waals surface area contributed by atoms with E-state index >= 15 is 4.79 Å². The van der Waals surface area contributed by atoms with Crippen LogP contribution >= 0.6 is 11.8 Å². The van der Waals surface area contributed by atoms with E-state index in [9.17, 15) is 14.7 Å². The topological polar surface area (TPSA) is 134 Å². The molecule has 3 aromatic rings. The molecule has 12 nitrogen and oxygen atoms in total. The van der Waals surface area contributed by atoms with Crippen molar-refractivity contribution in [2.45, 2.75) is 92.4 Å². The van der Waals surface area contributed by atoms with Crippen LogP contribution in [0.4, 0.5) is 5.69 Å². The number of benzene rings is 2. The van der Waals surface area contributed by atoms with E-state index < -0.39 is 45.9 Å². The molecular weight excluding hydrogens is 781 g/mol. The summed E-state index contributed by atoms with van der Waals surface area (Å²) in [7, 11) is 6.26. The number of aliphatic hydroxyl groups is 1. The van der Waals surface area contributed by atoms with Gasteiger partial charge in [-0.15, -0.1) is 11.8 Å². The summed E-state index contributed by atoms with van der Waals surface area (Å²) in [6.45, 7) is 9.43. The van der Waals surface area contributed by atoms with E-state index in [2.05, 4.69) is 70.5 Å². The number of likely N-dealkylation sites (N-methyl/N-ethyl adjacent to an activating group) is 1. The predicted molar refractivity (Wildman–Crippen MR) is 231 cm³/mol. The molecule has 1 saturated carbocycles. The van der Waals surface area contributed by atoms with Crippen molar-refractivity contribution in [2.24, 2.45) is 11.3 Å². The van der Waals surface area contributed by atoms with Crippen LogP contribution in [0.5, 0.6) is 5.75 Å². The fourth-order valence-corrected chi connectivity index (χ4v) is 13.6. The summed E-state index contributed by atoms with van der Waals surface area (Å²) in [6.07, 6.45) is 10.5. The van der Waals surface area contributed by atoms with E-state index in [4.69, 9.17) is 18.9 Å². The second-order valence-electron chi connectivity index (χ2n) is 17.9. The summed E-state index contributed by atoms with van der Waals surface area (Å²) in [5, 5.41) is 14.5. The number of H-pyrrole nitrogens is 1. The summed E-state index contributed by atoms with van der Waals surface area (Å²) >= 11 is 1.69. The van der Waals surface area contributed by atoms with Gasteiger partial charge in [0.25, 0.3) is 0 Å². The molecule has 1 aromatic heterocycles. The number of anilines is 1. The fraction of sp³-hybridized carbons (Fsp3) is 0.553. The van der Waals surface area contributed by atoms with Gasteiger partial charge < -0.3 is 33.9 Å². The smallest absolute Gasteiger partial charge is 0.344 e. The highest BCUT2D eigenvalue weighted by molar-refractivity contribution is 7.98. The van der Waals surface area contributed by atoms with Crippen LogP contribution in [-0.4, -0.2) is 129 Å². The van der Waals surface area contributed by atoms with Crippen LogP contribution in [0.15, 0.2) is 59.0 Å². The number of esters is 3. The Hall–Kier alpha value is -4.30. The third kappa shape index (κ3) is 5.37. The zero-order valence-electron chi connectivity index (χ0n) is 36.1. The minimum absolute atomic E-state index is 0.0141. The number of rotatable bonds is 8. The number of carbonyl (C=O) groups excluding carboxylic acids is 3. The van der Waals surface area contributed by atoms with Gasteiger partial charge in [0.1, 0.15) is 11.2 Å². The van der Waals surface area contributed by atoms with Crippen molar-refractivity contribution < 1.29 is 38.4 Å². The molecule has 60 heavy (non-hydrogen) atoms. The Morgan fingerprint density at radius 1 is 1.02 bits per heavy atom. The number of hydrogen-bond acceptors (Lipinski definition) is 12. The summed E-state index contributed by atoms with van der Waals surface area (Å²) in [5.41, 5.74) is 1.08. The maximum atomic E-state index is 15.4. The molecule has 1 spiro atoms. The van der Waals surface area contributed by atoms with E-state index in [1.807, 2.05) is 24.9 Å². The summed E-state index contributed by atoms with van der Waals surface area (Å²) in [4.78, 5) is 54.7. The molecule has 2 fully saturated rings. The van der Waals surface area contributed by atoms with E-state index in [-0.39, 0.29) is 17.9 Å². The molecule has 2 aromatic carbocycles. The van der Waals surface area contributed by atoms with Crippen LogP contribution in [0.2, 0.25) is 0 Å². The molecule has 9 rings (SSSR count). The molecule has 5 aliphatic heterocycles. The highest BCUT2D eigenvalue weighted by atomic mass is 32.2. The van der Waals surface area contributed by atoms with Gasteiger partial charge in [-0.2, -0.15) is 0 Å². The molecule has 6 heterocycles. The SMILES string of the molecule is CCC1=C[C@@H]2CN(CCc3c([nH]c4ccc(SC)cc34)[C@@](C(=O)OC)(c3cc4c(cc3OC)N(C)C3C(O)(C(=O)OC)[C@H](OC(C)=O)[C@]5(CC)C=CCN6CC[C@]43[C@@H]65)C2)C1. The fourth-order valence-electron chi connectivity index (χ4n) is 13.2. The first kappa shape index (κ1) is 41.1. The summed E-state index contributed by atoms with van der Waals surface area (Å²) in [5.74, 6) is -1.32. The van der Waals surface area contributed by atoms with E-state index in [1.54, 1.807) is 18.9 Å². The van der Waals surface area contributed by atoms with Gasteiger partial charge in [0.05, 0.1) is 27.4 Å². The Morgan fingerprint density at radius 3 is 2.48 bits per heavy atom. The Labute approximate surface area is 356 Å². The number of nitrogens with zero attached hydrogens (tertiary/aromatic N) is 3. The van der Waals surface area contributed by atoms with Crippen LogP contribution in [0.1, 0.15) is 68.8 Å². The van der Waals surface area contributed by atoms with E-state index in [1.165, 1.54) is 26.7 Å². The quantitative estimate of drug-likeness (QED) is 0.128. The van der Waals surface area contributed by atoms with Crippen molar-refractivity contribution in [1.82, 2.24) is 14.8 Å². The number of hydrogen-bond donors (Lipinski definition) is 2. The Balaban J connectivity index is 1.38. The molecule has 3 unspecified atom stereocenters. The van der Waals surface area contributed by atoms with Crippen LogP contribution in [-0.2, 0) is 45.8 Å². The molecule has 9 atom stereocenters. The largest absolute Gasteiger partial charge is 0.496 e. The van der Waals surface area contributed by atoms with Crippen molar-refractivity contribution in [3.63, 3.8) is 0 Å². The van der Waals surface area contributed by atoms with Crippen molar-refractivity contribution in [1.29, 1.82) is 0 Å². The van der Waals surface area contributed by atoms with Crippen molar-refractivity contribution >= 4 is 46.3 Å². The van der Waals surface area contributed by atoms with Gasteiger partial charge in [-0.1, -0.05) is 37.6 Å². The van der Waals surface area contributed by atoms with Crippen molar-refractivity contribution in [3.05, 3.63) is 76.5 Å². The third-order valence-electron chi connectivity index (χ3n) is 15.4. The predicted octanol–water partition coefficient (Wildman–Crippen LogP) is 5.52. The highest BCUT2D eigenvalue weighted by Gasteiger charge is 2.80. The molecule has 13 heteroatoms. The number of aromatic amines is 1. The number of methoxy groups -OCH3 is 3. The van der Waals surface area contributed by atoms with Gasteiger partial charge in [0.15, 0.2) is 6.10 Å². The lowest BCUT2D eigenvalue weighted by Crippen LogP contribution is -2.81. The standard InChI is InChI=1S/C47H58N4O8S/c1-9-28-20-29-24-46(42(53)57-6,38-31(14-18-50(25-28)26-29)32-21-30(60-8)12-13-35(32)48-38)34-22-33-36(23-37(34)56-5)49(4)40-45(33)16-19-51-17-11-15-44(10-2,39(45)51)41(59-27(3)52)47(40,55)43(54)58-7/h11-13,15,20-23,29,39-41,48,55H,9-10,14,16-19,24-26H2,1-8H3/t29-,39-,40?,41+,44+,45+,46-,47?/m0/s1. The normalized spacial score (nSPS) is 34.0. The van der Waals surface area contributed by atoms with Crippen molar-refractivity contribution in [2.75, 3.05) is 72.3 Å². The Kier molecular flexibility index (Phi) is 10.0. The van der Waals surface area contributed by atoms with Gasteiger partial charge in [-0.3, -0.25) is 19.4 Å². The monoisotopic (exact) mass is 838 g/mol. The second kappa shape index (κ2) is 14.7. The Bertz CT molecular complexity index is 2340. The second-order valence-corrected chi connectivity index (χ2v) is 18.7. The minimum atomic E-state index is -2.28. The van der Waals surface area contributed by atoms with Crippen LogP contribution in [0.25, 0.3) is 10.9 Å². The first-order valence-corrected chi connectivity index (χ1v) is 22.6. The molecule has 320 valence electrons. The summed E-state index contributed by atoms with van der Waals surface area (Å²) in [6, 6.07) is 9.41. The molecule has 2 bridgehead atoms. The molecule has 2 N–H and O–H groups in total. The lowest BCUT2D eigenvalue weighted by molar-refractivity contribution is -0.228. The first-order valence-electron chi connectivity index (χ1n) is 21.4. The lowest BCUT2D eigenvalue weighted by atomic mass is 9.47. The maximum Gasteiger partial charge on any atom is 0.344 e. The van der Waals surface area contributed by atoms with Gasteiger partial charge in [0.2, 0.25) is 5.60 Å². The van der Waals surface area contributed by atoms with Crippen LogP contribution in [0, 0.1) is 11.3 Å². The number of thioether (sulfide) groups is 1. The zero-order valence-corrected chi connectivity index (χ0v) is 36.9. The molecule has 0 radical (unpaired) electrons. The number of aromatic nitrogens is 1. The van der Waals surface area contributed by atoms with Gasteiger partial charge >= 0.3 is 17.9 Å². The van der Waals surface area contributed by atoms with E-state index in [0.717, 1.165) is 70.8 Å². The molecule has 1 aliphatic carbocycles. The molecule has 1 saturated heterocycles. The van der Waals surface area contributed by atoms with E-state index in [0.29, 0.717) is 43.7 Å². The number of nitrogens with one attached hydrogen (secondary N) is 1. The summed E-state index contributed by atoms with van der Waals surface area (Å²) < 4.78 is 24.1. The maximum absolute atomic E-state index is 15.4. The molecule has 0 amide bonds. The van der Waals surface area contributed by atoms with Crippen molar-refractivity contribution in [3.8, 4) is 5.75 Å². The lowest BCUT2D eigenvalue weighted by Gasteiger charge is -2.63. The zero-order chi connectivity index (χ0) is 42.5. The number of carbonyl (C=O) groups is 3. The van der Waals surface area contributed by atoms with Gasteiger partial charge in [-0.25, -0.2) is 4.79 Å². The van der Waals surface area contributed by atoms with Gasteiger partial charge in [-0.05, 0) is 86.2 Å².